The van der Waals surface area contributed by atoms with E-state index in [2.05, 4.69) is 5.32 Å². The molecule has 1 fully saturated rings. The molecule has 1 heterocycles. The molecule has 6 heteroatoms. The number of benzene rings is 1. The summed E-state index contributed by atoms with van der Waals surface area (Å²) in [5.41, 5.74) is 1.26. The van der Waals surface area contributed by atoms with Crippen LogP contribution in [-0.4, -0.2) is 48.9 Å². The van der Waals surface area contributed by atoms with E-state index in [-0.39, 0.29) is 17.9 Å². The minimum Gasteiger partial charge on any atom is -0.332 e. The zero-order valence-electron chi connectivity index (χ0n) is 12.9. The SMILES string of the molecule is CC(=O)N1CC[NH+]([C@@H](C)C(=O)Nc2ccc(C#N)cc2)CC1. The zero-order valence-corrected chi connectivity index (χ0v) is 12.9. The molecule has 0 saturated carbocycles. The van der Waals surface area contributed by atoms with Crippen molar-refractivity contribution in [2.75, 3.05) is 31.5 Å². The third-order valence-corrected chi connectivity index (χ3v) is 4.14. The van der Waals surface area contributed by atoms with Gasteiger partial charge in [0, 0.05) is 12.6 Å². The lowest BCUT2D eigenvalue weighted by molar-refractivity contribution is -0.917. The van der Waals surface area contributed by atoms with Crippen molar-refractivity contribution in [1.29, 1.82) is 5.26 Å². The Kier molecular flexibility index (Phi) is 5.12. The van der Waals surface area contributed by atoms with E-state index in [9.17, 15) is 9.59 Å². The fraction of sp³-hybridized carbons (Fsp3) is 0.438. The molecule has 6 nitrogen and oxygen atoms in total. The van der Waals surface area contributed by atoms with Crippen molar-refractivity contribution in [3.05, 3.63) is 29.8 Å². The molecule has 1 atom stereocenters. The molecule has 0 aliphatic carbocycles. The van der Waals surface area contributed by atoms with Crippen LogP contribution in [0.25, 0.3) is 0 Å². The number of hydrogen-bond acceptors (Lipinski definition) is 3. The van der Waals surface area contributed by atoms with E-state index in [0.717, 1.165) is 13.1 Å². The Morgan fingerprint density at radius 2 is 1.86 bits per heavy atom. The van der Waals surface area contributed by atoms with Crippen LogP contribution >= 0.6 is 0 Å². The van der Waals surface area contributed by atoms with Gasteiger partial charge < -0.3 is 15.1 Å². The summed E-state index contributed by atoms with van der Waals surface area (Å²) < 4.78 is 0. The van der Waals surface area contributed by atoms with Crippen LogP contribution in [0, 0.1) is 11.3 Å². The predicted molar refractivity (Wildman–Crippen MR) is 82.2 cm³/mol. The molecule has 22 heavy (non-hydrogen) atoms. The van der Waals surface area contributed by atoms with E-state index in [4.69, 9.17) is 5.26 Å². The molecular weight excluding hydrogens is 280 g/mol. The van der Waals surface area contributed by atoms with Crippen LogP contribution in [0.3, 0.4) is 0 Å². The molecule has 2 N–H and O–H groups in total. The Bertz CT molecular complexity index is 583. The molecule has 1 aliphatic heterocycles. The smallest absolute Gasteiger partial charge is 0.282 e. The maximum Gasteiger partial charge on any atom is 0.282 e. The Morgan fingerprint density at radius 1 is 1.27 bits per heavy atom. The number of carbonyl (C=O) groups is 2. The lowest BCUT2D eigenvalue weighted by Crippen LogP contribution is -3.19. The fourth-order valence-electron chi connectivity index (χ4n) is 2.61. The largest absolute Gasteiger partial charge is 0.332 e. The molecule has 116 valence electrons. The fourth-order valence-corrected chi connectivity index (χ4v) is 2.61. The topological polar surface area (TPSA) is 77.6 Å². The molecule has 1 aromatic rings. The van der Waals surface area contributed by atoms with Gasteiger partial charge in [0.25, 0.3) is 5.91 Å². The number of nitriles is 1. The minimum absolute atomic E-state index is 0.0454. The van der Waals surface area contributed by atoms with Crippen molar-refractivity contribution in [2.45, 2.75) is 19.9 Å². The Balaban J connectivity index is 1.89. The monoisotopic (exact) mass is 301 g/mol. The second-order valence-electron chi connectivity index (χ2n) is 5.56. The van der Waals surface area contributed by atoms with Gasteiger partial charge in [0.05, 0.1) is 37.8 Å². The van der Waals surface area contributed by atoms with Crippen LogP contribution in [0.4, 0.5) is 5.69 Å². The summed E-state index contributed by atoms with van der Waals surface area (Å²) in [5.74, 6) is 0.0460. The summed E-state index contributed by atoms with van der Waals surface area (Å²) in [6.45, 7) is 6.42. The van der Waals surface area contributed by atoms with Gasteiger partial charge in [0.1, 0.15) is 0 Å². The first-order chi connectivity index (χ1) is 10.5. The first-order valence-corrected chi connectivity index (χ1v) is 7.42. The molecule has 1 saturated heterocycles. The number of carbonyl (C=O) groups excluding carboxylic acids is 2. The summed E-state index contributed by atoms with van der Waals surface area (Å²) >= 11 is 0. The van der Waals surface area contributed by atoms with Gasteiger partial charge in [-0.1, -0.05) is 0 Å². The number of quaternary nitrogens is 1. The molecule has 1 aliphatic rings. The molecule has 2 rings (SSSR count). The second kappa shape index (κ2) is 7.05. The third-order valence-electron chi connectivity index (χ3n) is 4.14. The Labute approximate surface area is 130 Å². The lowest BCUT2D eigenvalue weighted by Gasteiger charge is -2.34. The van der Waals surface area contributed by atoms with Crippen LogP contribution < -0.4 is 10.2 Å². The zero-order chi connectivity index (χ0) is 16.1. The lowest BCUT2D eigenvalue weighted by atomic mass is 10.2. The average Bonchev–Trinajstić information content (AvgIpc) is 2.55. The Morgan fingerprint density at radius 3 is 2.36 bits per heavy atom. The van der Waals surface area contributed by atoms with Crippen LogP contribution in [0.15, 0.2) is 24.3 Å². The maximum absolute atomic E-state index is 12.3. The number of nitrogens with zero attached hydrogens (tertiary/aromatic N) is 2. The molecule has 1 aromatic carbocycles. The van der Waals surface area contributed by atoms with E-state index in [1.165, 1.54) is 4.90 Å². The molecule has 0 aromatic heterocycles. The van der Waals surface area contributed by atoms with Crippen molar-refractivity contribution >= 4 is 17.5 Å². The maximum atomic E-state index is 12.3. The first kappa shape index (κ1) is 16.0. The Hall–Kier alpha value is -2.39. The normalized spacial score (nSPS) is 16.7. The van der Waals surface area contributed by atoms with Gasteiger partial charge in [-0.2, -0.15) is 5.26 Å². The molecule has 0 unspecified atom stereocenters. The van der Waals surface area contributed by atoms with E-state index < -0.39 is 0 Å². The van der Waals surface area contributed by atoms with E-state index in [1.807, 2.05) is 17.9 Å². The van der Waals surface area contributed by atoms with Crippen LogP contribution in [-0.2, 0) is 9.59 Å². The quantitative estimate of drug-likeness (QED) is 0.800. The van der Waals surface area contributed by atoms with Crippen molar-refractivity contribution in [3.63, 3.8) is 0 Å². The average molecular weight is 301 g/mol. The van der Waals surface area contributed by atoms with Gasteiger partial charge in [-0.3, -0.25) is 9.59 Å². The molecular formula is C16H21N4O2+. The third kappa shape index (κ3) is 3.83. The number of amides is 2. The molecule has 0 spiro atoms. The molecule has 2 amide bonds. The van der Waals surface area contributed by atoms with Crippen molar-refractivity contribution in [3.8, 4) is 6.07 Å². The number of nitrogens with one attached hydrogen (secondary N) is 2. The number of anilines is 1. The number of hydrogen-bond donors (Lipinski definition) is 2. The summed E-state index contributed by atoms with van der Waals surface area (Å²) in [6, 6.07) is 8.69. The summed E-state index contributed by atoms with van der Waals surface area (Å²) in [5, 5.41) is 11.6. The predicted octanol–water partition coefficient (Wildman–Crippen LogP) is -0.368. The van der Waals surface area contributed by atoms with Gasteiger partial charge in [-0.25, -0.2) is 0 Å². The summed E-state index contributed by atoms with van der Waals surface area (Å²) in [4.78, 5) is 26.6. The van der Waals surface area contributed by atoms with Gasteiger partial charge >= 0.3 is 0 Å². The highest BCUT2D eigenvalue weighted by molar-refractivity contribution is 5.93. The highest BCUT2D eigenvalue weighted by atomic mass is 16.2. The summed E-state index contributed by atoms with van der Waals surface area (Å²) in [6.07, 6.45) is 0. The van der Waals surface area contributed by atoms with Crippen molar-refractivity contribution in [2.24, 2.45) is 0 Å². The van der Waals surface area contributed by atoms with E-state index >= 15 is 0 Å². The highest BCUT2D eigenvalue weighted by Crippen LogP contribution is 2.08. The second-order valence-corrected chi connectivity index (χ2v) is 5.56. The van der Waals surface area contributed by atoms with Crippen LogP contribution in [0.1, 0.15) is 19.4 Å². The molecule has 0 radical (unpaired) electrons. The van der Waals surface area contributed by atoms with Gasteiger partial charge in [-0.05, 0) is 31.2 Å². The standard InChI is InChI=1S/C16H20N4O2/c1-12(19-7-9-20(10-8-19)13(2)21)16(22)18-15-5-3-14(11-17)4-6-15/h3-6,12H,7-10H2,1-2H3,(H,18,22)/p+1/t12-/m0/s1. The van der Waals surface area contributed by atoms with Gasteiger partial charge in [0.15, 0.2) is 6.04 Å². The van der Waals surface area contributed by atoms with Gasteiger partial charge in [-0.15, -0.1) is 0 Å². The van der Waals surface area contributed by atoms with Crippen LogP contribution in [0.5, 0.6) is 0 Å². The van der Waals surface area contributed by atoms with E-state index in [1.54, 1.807) is 31.2 Å². The first-order valence-electron chi connectivity index (χ1n) is 7.42. The summed E-state index contributed by atoms with van der Waals surface area (Å²) in [7, 11) is 0. The van der Waals surface area contributed by atoms with Crippen LogP contribution in [0.2, 0.25) is 0 Å². The number of rotatable bonds is 3. The number of piperazine rings is 1. The highest BCUT2D eigenvalue weighted by Gasteiger charge is 2.29. The van der Waals surface area contributed by atoms with Crippen molar-refractivity contribution < 1.29 is 14.5 Å². The van der Waals surface area contributed by atoms with E-state index in [0.29, 0.717) is 24.3 Å². The minimum atomic E-state index is -0.176. The van der Waals surface area contributed by atoms with Crippen molar-refractivity contribution in [1.82, 2.24) is 4.90 Å². The van der Waals surface area contributed by atoms with Gasteiger partial charge in [0.2, 0.25) is 5.91 Å². The molecule has 0 bridgehead atoms.